The van der Waals surface area contributed by atoms with Gasteiger partial charge in [0.05, 0.1) is 17.9 Å². The average Bonchev–Trinajstić information content (AvgIpc) is 2.42. The number of imidazole rings is 1. The summed E-state index contributed by atoms with van der Waals surface area (Å²) >= 11 is 0. The molecule has 0 N–H and O–H groups in total. The Morgan fingerprint density at radius 1 is 1.47 bits per heavy atom. The molecule has 0 unspecified atom stereocenters. The first-order valence-electron chi connectivity index (χ1n) is 5.68. The fourth-order valence-electron chi connectivity index (χ4n) is 1.94. The van der Waals surface area contributed by atoms with Crippen LogP contribution in [-0.2, 0) is 17.7 Å². The minimum absolute atomic E-state index is 0.0755. The maximum absolute atomic E-state index is 5.77. The van der Waals surface area contributed by atoms with Gasteiger partial charge in [0, 0.05) is 19.2 Å². The summed E-state index contributed by atoms with van der Waals surface area (Å²) in [5.74, 6) is 1.68. The molecule has 1 aliphatic rings. The molecule has 1 aromatic rings. The zero-order valence-corrected chi connectivity index (χ0v) is 10.1. The van der Waals surface area contributed by atoms with Crippen molar-refractivity contribution in [2.45, 2.75) is 52.2 Å². The van der Waals surface area contributed by atoms with Crippen molar-refractivity contribution in [3.8, 4) is 0 Å². The first-order chi connectivity index (χ1) is 6.98. The van der Waals surface area contributed by atoms with Crippen molar-refractivity contribution in [3.05, 3.63) is 17.7 Å². The van der Waals surface area contributed by atoms with Crippen molar-refractivity contribution < 1.29 is 4.74 Å². The monoisotopic (exact) mass is 208 g/mol. The molecular weight excluding hydrogens is 188 g/mol. The van der Waals surface area contributed by atoms with Crippen LogP contribution < -0.4 is 0 Å². The lowest BCUT2D eigenvalue weighted by molar-refractivity contribution is -0.0126. The van der Waals surface area contributed by atoms with E-state index in [2.05, 4.69) is 43.4 Å². The van der Waals surface area contributed by atoms with Gasteiger partial charge in [-0.25, -0.2) is 4.98 Å². The molecule has 3 nitrogen and oxygen atoms in total. The van der Waals surface area contributed by atoms with Crippen LogP contribution in [0.15, 0.2) is 6.20 Å². The Bertz CT molecular complexity index is 353. The number of nitrogens with zero attached hydrogens (tertiary/aromatic N) is 2. The summed E-state index contributed by atoms with van der Waals surface area (Å²) in [6.45, 7) is 10.3. The summed E-state index contributed by atoms with van der Waals surface area (Å²) < 4.78 is 8.01. The maximum Gasteiger partial charge on any atom is 0.111 e. The number of ether oxygens (including phenoxy) is 1. The highest BCUT2D eigenvalue weighted by molar-refractivity contribution is 5.10. The third-order valence-electron chi connectivity index (χ3n) is 2.88. The number of hydrogen-bond acceptors (Lipinski definition) is 2. The van der Waals surface area contributed by atoms with E-state index < -0.39 is 0 Å². The molecule has 2 rings (SSSR count). The van der Waals surface area contributed by atoms with E-state index >= 15 is 0 Å². The van der Waals surface area contributed by atoms with Crippen LogP contribution in [0.2, 0.25) is 0 Å². The zero-order valence-electron chi connectivity index (χ0n) is 10.1. The van der Waals surface area contributed by atoms with E-state index in [0.29, 0.717) is 5.92 Å². The molecule has 2 heterocycles. The van der Waals surface area contributed by atoms with Gasteiger partial charge in [0.15, 0.2) is 0 Å². The standard InChI is InChI=1S/C12H20N2O/c1-9(2)10-8-14-5-6-15-12(3,4)7-11(14)13-10/h8-9H,5-7H2,1-4H3. The third kappa shape index (κ3) is 2.23. The fraction of sp³-hybridized carbons (Fsp3) is 0.750. The van der Waals surface area contributed by atoms with Gasteiger partial charge in [-0.1, -0.05) is 13.8 Å². The summed E-state index contributed by atoms with van der Waals surface area (Å²) in [5, 5.41) is 0. The summed E-state index contributed by atoms with van der Waals surface area (Å²) in [5.41, 5.74) is 1.12. The first kappa shape index (κ1) is 10.7. The van der Waals surface area contributed by atoms with Crippen molar-refractivity contribution in [3.63, 3.8) is 0 Å². The Morgan fingerprint density at radius 2 is 2.20 bits per heavy atom. The molecule has 0 fully saturated rings. The SMILES string of the molecule is CC(C)c1cn2c(n1)CC(C)(C)OCC2. The lowest BCUT2D eigenvalue weighted by atomic mass is 10.1. The van der Waals surface area contributed by atoms with Crippen molar-refractivity contribution in [2.24, 2.45) is 0 Å². The van der Waals surface area contributed by atoms with Gasteiger partial charge in [0.25, 0.3) is 0 Å². The predicted molar refractivity (Wildman–Crippen MR) is 60.1 cm³/mol. The van der Waals surface area contributed by atoms with Crippen LogP contribution in [-0.4, -0.2) is 21.8 Å². The lowest BCUT2D eigenvalue weighted by Crippen LogP contribution is -2.26. The zero-order chi connectivity index (χ0) is 11.1. The van der Waals surface area contributed by atoms with Crippen LogP contribution in [0.5, 0.6) is 0 Å². The molecule has 0 atom stereocenters. The molecule has 0 saturated carbocycles. The molecule has 3 heteroatoms. The van der Waals surface area contributed by atoms with Gasteiger partial charge in [0.1, 0.15) is 5.82 Å². The second-order valence-electron chi connectivity index (χ2n) is 5.22. The van der Waals surface area contributed by atoms with E-state index in [1.54, 1.807) is 0 Å². The number of fused-ring (bicyclic) bond motifs is 1. The highest BCUT2D eigenvalue weighted by Crippen LogP contribution is 2.22. The summed E-state index contributed by atoms with van der Waals surface area (Å²) in [6.07, 6.45) is 3.07. The van der Waals surface area contributed by atoms with Gasteiger partial charge in [-0.2, -0.15) is 0 Å². The van der Waals surface area contributed by atoms with Crippen molar-refractivity contribution >= 4 is 0 Å². The molecule has 1 aliphatic heterocycles. The molecule has 0 aromatic carbocycles. The molecule has 84 valence electrons. The molecule has 0 bridgehead atoms. The van der Waals surface area contributed by atoms with Gasteiger partial charge in [-0.05, 0) is 19.8 Å². The second-order valence-corrected chi connectivity index (χ2v) is 5.22. The van der Waals surface area contributed by atoms with Crippen LogP contribution >= 0.6 is 0 Å². The normalized spacial score (nSPS) is 20.1. The second kappa shape index (κ2) is 3.63. The Hall–Kier alpha value is -0.830. The molecular formula is C12H20N2O. The highest BCUT2D eigenvalue weighted by Gasteiger charge is 2.25. The molecule has 1 aromatic heterocycles. The smallest absolute Gasteiger partial charge is 0.111 e. The topological polar surface area (TPSA) is 27.1 Å². The van der Waals surface area contributed by atoms with Crippen molar-refractivity contribution in [2.75, 3.05) is 6.61 Å². The molecule has 0 spiro atoms. The molecule has 0 aliphatic carbocycles. The van der Waals surface area contributed by atoms with Gasteiger partial charge in [-0.15, -0.1) is 0 Å². The van der Waals surface area contributed by atoms with Crippen molar-refractivity contribution in [1.82, 2.24) is 9.55 Å². The number of rotatable bonds is 1. The molecule has 15 heavy (non-hydrogen) atoms. The fourth-order valence-corrected chi connectivity index (χ4v) is 1.94. The largest absolute Gasteiger partial charge is 0.373 e. The Morgan fingerprint density at radius 3 is 2.87 bits per heavy atom. The quantitative estimate of drug-likeness (QED) is 0.708. The minimum atomic E-state index is -0.0755. The first-order valence-corrected chi connectivity index (χ1v) is 5.68. The number of aromatic nitrogens is 2. The van der Waals surface area contributed by atoms with Crippen molar-refractivity contribution in [1.29, 1.82) is 0 Å². The Labute approximate surface area is 91.5 Å². The molecule has 0 radical (unpaired) electrons. The predicted octanol–water partition coefficient (Wildman–Crippen LogP) is 2.36. The van der Waals surface area contributed by atoms with E-state index in [1.807, 2.05) is 0 Å². The van der Waals surface area contributed by atoms with Gasteiger partial charge < -0.3 is 9.30 Å². The van der Waals surface area contributed by atoms with Crippen LogP contribution in [0.3, 0.4) is 0 Å². The molecule has 0 saturated heterocycles. The minimum Gasteiger partial charge on any atom is -0.373 e. The summed E-state index contributed by atoms with van der Waals surface area (Å²) in [7, 11) is 0. The summed E-state index contributed by atoms with van der Waals surface area (Å²) in [6, 6.07) is 0. The van der Waals surface area contributed by atoms with E-state index in [9.17, 15) is 0 Å². The maximum atomic E-state index is 5.77. The van der Waals surface area contributed by atoms with E-state index in [-0.39, 0.29) is 5.60 Å². The number of hydrogen-bond donors (Lipinski definition) is 0. The summed E-state index contributed by atoms with van der Waals surface area (Å²) in [4.78, 5) is 4.69. The third-order valence-corrected chi connectivity index (χ3v) is 2.88. The van der Waals surface area contributed by atoms with E-state index in [4.69, 9.17) is 4.74 Å². The van der Waals surface area contributed by atoms with Gasteiger partial charge in [0.2, 0.25) is 0 Å². The van der Waals surface area contributed by atoms with Crippen LogP contribution in [0.25, 0.3) is 0 Å². The highest BCUT2D eigenvalue weighted by atomic mass is 16.5. The van der Waals surface area contributed by atoms with E-state index in [1.165, 1.54) is 11.5 Å². The van der Waals surface area contributed by atoms with Crippen LogP contribution in [0.1, 0.15) is 45.1 Å². The average molecular weight is 208 g/mol. The van der Waals surface area contributed by atoms with Gasteiger partial charge >= 0.3 is 0 Å². The van der Waals surface area contributed by atoms with Gasteiger partial charge in [-0.3, -0.25) is 0 Å². The van der Waals surface area contributed by atoms with E-state index in [0.717, 1.165) is 19.6 Å². The van der Waals surface area contributed by atoms with Crippen LogP contribution in [0, 0.1) is 0 Å². The Balaban J connectivity index is 2.31. The van der Waals surface area contributed by atoms with Crippen LogP contribution in [0.4, 0.5) is 0 Å². The lowest BCUT2D eigenvalue weighted by Gasteiger charge is -2.21. The Kier molecular flexibility index (Phi) is 2.59. The molecule has 0 amide bonds.